The molecule has 4 nitrogen and oxygen atoms in total. The molecule has 0 atom stereocenters. The van der Waals surface area contributed by atoms with E-state index in [9.17, 15) is 9.59 Å². The summed E-state index contributed by atoms with van der Waals surface area (Å²) >= 11 is 11.9. The normalized spacial score (nSPS) is 10.2. The number of carboxylic acid groups (broad SMARTS) is 1. The second-order valence-electron chi connectivity index (χ2n) is 4.28. The van der Waals surface area contributed by atoms with Crippen molar-refractivity contribution in [2.24, 2.45) is 0 Å². The molecule has 6 heteroatoms. The molecular weight excluding hydrogens is 313 g/mol. The maximum absolute atomic E-state index is 12.0. The Morgan fingerprint density at radius 1 is 1.00 bits per heavy atom. The number of carbonyl (C=O) groups is 2. The summed E-state index contributed by atoms with van der Waals surface area (Å²) in [5, 5.41) is 12.3. The third-order valence-corrected chi connectivity index (χ3v) is 3.50. The van der Waals surface area contributed by atoms with Gasteiger partial charge < -0.3 is 10.4 Å². The van der Waals surface area contributed by atoms with Crippen molar-refractivity contribution in [3.05, 3.63) is 63.6 Å². The number of aromatic carboxylic acids is 1. The molecule has 1 amide bonds. The predicted molar refractivity (Wildman–Crippen MR) is 82.2 cm³/mol. The highest BCUT2D eigenvalue weighted by atomic mass is 35.5. The molecule has 0 radical (unpaired) electrons. The molecule has 0 aromatic heterocycles. The molecule has 0 saturated carbocycles. The van der Waals surface area contributed by atoms with Gasteiger partial charge in [0.2, 0.25) is 5.91 Å². The van der Waals surface area contributed by atoms with Gasteiger partial charge in [-0.1, -0.05) is 47.5 Å². The molecule has 0 heterocycles. The molecule has 0 aliphatic heterocycles. The second kappa shape index (κ2) is 6.61. The van der Waals surface area contributed by atoms with E-state index in [2.05, 4.69) is 5.32 Å². The van der Waals surface area contributed by atoms with E-state index in [4.69, 9.17) is 28.3 Å². The van der Waals surface area contributed by atoms with Crippen molar-refractivity contribution in [2.75, 3.05) is 5.32 Å². The Hall–Kier alpha value is -2.04. The summed E-state index contributed by atoms with van der Waals surface area (Å²) in [7, 11) is 0. The molecule has 108 valence electrons. The molecule has 0 spiro atoms. The van der Waals surface area contributed by atoms with E-state index in [1.807, 2.05) is 0 Å². The minimum Gasteiger partial charge on any atom is -0.478 e. The Morgan fingerprint density at radius 3 is 2.33 bits per heavy atom. The molecule has 0 aliphatic carbocycles. The van der Waals surface area contributed by atoms with Crippen LogP contribution < -0.4 is 5.32 Å². The van der Waals surface area contributed by atoms with E-state index in [-0.39, 0.29) is 22.7 Å². The monoisotopic (exact) mass is 323 g/mol. The minimum absolute atomic E-state index is 0.0317. The number of anilines is 1. The highest BCUT2D eigenvalue weighted by Gasteiger charge is 2.16. The zero-order valence-electron chi connectivity index (χ0n) is 10.8. The molecule has 21 heavy (non-hydrogen) atoms. The summed E-state index contributed by atoms with van der Waals surface area (Å²) in [6, 6.07) is 11.3. The lowest BCUT2D eigenvalue weighted by Gasteiger charge is -2.11. The van der Waals surface area contributed by atoms with Crippen molar-refractivity contribution in [2.45, 2.75) is 6.42 Å². The maximum Gasteiger partial charge on any atom is 0.337 e. The molecule has 2 aromatic rings. The van der Waals surface area contributed by atoms with Gasteiger partial charge in [0.15, 0.2) is 0 Å². The third-order valence-electron chi connectivity index (χ3n) is 2.82. The molecule has 0 unspecified atom stereocenters. The van der Waals surface area contributed by atoms with Crippen molar-refractivity contribution < 1.29 is 14.7 Å². The molecule has 2 aromatic carbocycles. The van der Waals surface area contributed by atoms with E-state index in [0.717, 1.165) is 0 Å². The number of rotatable bonds is 4. The fraction of sp³-hybridized carbons (Fsp3) is 0.0667. The molecule has 0 aliphatic rings. The summed E-state index contributed by atoms with van der Waals surface area (Å²) in [5.41, 5.74) is 0.680. The minimum atomic E-state index is -1.16. The number of nitrogens with one attached hydrogen (secondary N) is 1. The molecular formula is C15H11Cl2NO3. The molecule has 0 fully saturated rings. The maximum atomic E-state index is 12.0. The van der Waals surface area contributed by atoms with Crippen LogP contribution in [0.2, 0.25) is 10.0 Å². The lowest BCUT2D eigenvalue weighted by atomic mass is 10.1. The van der Waals surface area contributed by atoms with Crippen LogP contribution in [-0.2, 0) is 11.2 Å². The van der Waals surface area contributed by atoms with Crippen LogP contribution in [0.25, 0.3) is 0 Å². The number of para-hydroxylation sites is 1. The van der Waals surface area contributed by atoms with Gasteiger partial charge >= 0.3 is 5.97 Å². The van der Waals surface area contributed by atoms with Crippen LogP contribution in [0.3, 0.4) is 0 Å². The van der Waals surface area contributed by atoms with Gasteiger partial charge in [0.25, 0.3) is 0 Å². The van der Waals surface area contributed by atoms with E-state index < -0.39 is 11.9 Å². The first-order valence-corrected chi connectivity index (χ1v) is 6.79. The number of hydrogen-bond donors (Lipinski definition) is 2. The highest BCUT2D eigenvalue weighted by molar-refractivity contribution is 6.34. The zero-order chi connectivity index (χ0) is 15.4. The lowest BCUT2D eigenvalue weighted by molar-refractivity contribution is -0.115. The number of halogens is 2. The van der Waals surface area contributed by atoms with Gasteiger partial charge in [-0.05, 0) is 23.8 Å². The number of amides is 1. The van der Waals surface area contributed by atoms with Crippen molar-refractivity contribution in [3.63, 3.8) is 0 Å². The van der Waals surface area contributed by atoms with Gasteiger partial charge in [0, 0.05) is 5.02 Å². The average molecular weight is 324 g/mol. The van der Waals surface area contributed by atoms with Crippen LogP contribution in [0, 0.1) is 0 Å². The number of benzene rings is 2. The van der Waals surface area contributed by atoms with E-state index in [1.165, 1.54) is 18.2 Å². The van der Waals surface area contributed by atoms with Crippen molar-refractivity contribution in [1.82, 2.24) is 0 Å². The van der Waals surface area contributed by atoms with E-state index >= 15 is 0 Å². The van der Waals surface area contributed by atoms with Crippen molar-refractivity contribution in [3.8, 4) is 0 Å². The van der Waals surface area contributed by atoms with Crippen LogP contribution in [0.1, 0.15) is 15.9 Å². The van der Waals surface area contributed by atoms with Gasteiger partial charge in [-0.15, -0.1) is 0 Å². The average Bonchev–Trinajstić information content (AvgIpc) is 2.43. The molecule has 2 rings (SSSR count). The summed E-state index contributed by atoms with van der Waals surface area (Å²) in [6.07, 6.45) is 0.0317. The van der Waals surface area contributed by atoms with Crippen LogP contribution >= 0.6 is 23.2 Å². The van der Waals surface area contributed by atoms with Gasteiger partial charge in [-0.3, -0.25) is 4.79 Å². The number of carboxylic acids is 1. The summed E-state index contributed by atoms with van der Waals surface area (Å²) in [5.74, 6) is -1.55. The van der Waals surface area contributed by atoms with Crippen molar-refractivity contribution >= 4 is 40.8 Å². The summed E-state index contributed by atoms with van der Waals surface area (Å²) < 4.78 is 0. The topological polar surface area (TPSA) is 66.4 Å². The Labute approximate surface area is 131 Å². The van der Waals surface area contributed by atoms with Gasteiger partial charge in [0.05, 0.1) is 22.7 Å². The van der Waals surface area contributed by atoms with Gasteiger partial charge in [-0.2, -0.15) is 0 Å². The van der Waals surface area contributed by atoms with Crippen LogP contribution in [0.4, 0.5) is 5.69 Å². The standard InChI is InChI=1S/C15H11Cl2NO3/c16-11-6-2-1-4-9(11)8-13(19)18-14-10(15(20)21)5-3-7-12(14)17/h1-7H,8H2,(H,18,19)(H,20,21). The highest BCUT2D eigenvalue weighted by Crippen LogP contribution is 2.26. The first kappa shape index (κ1) is 15.4. The SMILES string of the molecule is O=C(Cc1ccccc1Cl)Nc1c(Cl)cccc1C(=O)O. The third kappa shape index (κ3) is 3.74. The number of hydrogen-bond acceptors (Lipinski definition) is 2. The van der Waals surface area contributed by atoms with E-state index in [0.29, 0.717) is 10.6 Å². The molecule has 2 N–H and O–H groups in total. The Kier molecular flexibility index (Phi) is 4.83. The first-order valence-electron chi connectivity index (χ1n) is 6.04. The van der Waals surface area contributed by atoms with Gasteiger partial charge in [0.1, 0.15) is 0 Å². The van der Waals surface area contributed by atoms with E-state index in [1.54, 1.807) is 24.3 Å². The predicted octanol–water partition coefficient (Wildman–Crippen LogP) is 3.87. The van der Waals surface area contributed by atoms with Crippen LogP contribution in [0.5, 0.6) is 0 Å². The van der Waals surface area contributed by atoms with Crippen LogP contribution in [0.15, 0.2) is 42.5 Å². The lowest BCUT2D eigenvalue weighted by Crippen LogP contribution is -2.17. The first-order chi connectivity index (χ1) is 9.99. The quantitative estimate of drug-likeness (QED) is 0.897. The smallest absolute Gasteiger partial charge is 0.337 e. The molecule has 0 bridgehead atoms. The second-order valence-corrected chi connectivity index (χ2v) is 5.10. The molecule has 0 saturated heterocycles. The number of carbonyl (C=O) groups excluding carboxylic acids is 1. The largest absolute Gasteiger partial charge is 0.478 e. The van der Waals surface area contributed by atoms with Crippen molar-refractivity contribution in [1.29, 1.82) is 0 Å². The fourth-order valence-corrected chi connectivity index (χ4v) is 2.25. The Morgan fingerprint density at radius 2 is 1.67 bits per heavy atom. The zero-order valence-corrected chi connectivity index (χ0v) is 12.3. The van der Waals surface area contributed by atoms with Gasteiger partial charge in [-0.25, -0.2) is 4.79 Å². The van der Waals surface area contributed by atoms with Crippen LogP contribution in [-0.4, -0.2) is 17.0 Å². The Bertz CT molecular complexity index is 701. The Balaban J connectivity index is 2.21. The summed E-state index contributed by atoms with van der Waals surface area (Å²) in [4.78, 5) is 23.2. The summed E-state index contributed by atoms with van der Waals surface area (Å²) in [6.45, 7) is 0. The fourth-order valence-electron chi connectivity index (χ4n) is 1.83.